The Morgan fingerprint density at radius 2 is 1.88 bits per heavy atom. The normalized spacial score (nSPS) is 18.7. The predicted molar refractivity (Wildman–Crippen MR) is 135 cm³/mol. The largest absolute Gasteiger partial charge is 0.508 e. The van der Waals surface area contributed by atoms with Gasteiger partial charge in [-0.3, -0.25) is 4.90 Å². The van der Waals surface area contributed by atoms with Gasteiger partial charge in [-0.2, -0.15) is 0 Å². The van der Waals surface area contributed by atoms with E-state index in [1.807, 2.05) is 49.5 Å². The second-order valence-corrected chi connectivity index (χ2v) is 9.48. The fraction of sp³-hybridized carbons (Fsp3) is 0.444. The topological polar surface area (TPSA) is 52.7 Å². The maximum absolute atomic E-state index is 9.51. The number of aromatic hydroxyl groups is 1. The van der Waals surface area contributed by atoms with Crippen molar-refractivity contribution in [1.82, 2.24) is 15.0 Å². The van der Waals surface area contributed by atoms with Gasteiger partial charge in [-0.15, -0.1) is 0 Å². The van der Waals surface area contributed by atoms with E-state index in [1.54, 1.807) is 12.1 Å². The number of hydrogen-bond acceptors (Lipinski definition) is 5. The lowest BCUT2D eigenvalue weighted by Gasteiger charge is -2.37. The van der Waals surface area contributed by atoms with E-state index in [-0.39, 0.29) is 5.75 Å². The summed E-state index contributed by atoms with van der Waals surface area (Å²) in [7, 11) is 4.26. The van der Waals surface area contributed by atoms with Crippen LogP contribution in [0.15, 0.2) is 59.1 Å². The summed E-state index contributed by atoms with van der Waals surface area (Å²) in [6, 6.07) is 18.3. The van der Waals surface area contributed by atoms with Crippen molar-refractivity contribution >= 4 is 11.6 Å². The zero-order valence-electron chi connectivity index (χ0n) is 20.2. The highest BCUT2D eigenvalue weighted by molar-refractivity contribution is 6.30. The van der Waals surface area contributed by atoms with Crippen LogP contribution in [0, 0.1) is 0 Å². The quantitative estimate of drug-likeness (QED) is 0.440. The number of aromatic nitrogens is 1. The van der Waals surface area contributed by atoms with Crippen LogP contribution in [0.1, 0.15) is 50.8 Å². The molecule has 2 unspecified atom stereocenters. The minimum Gasteiger partial charge on any atom is -0.508 e. The number of likely N-dealkylation sites (tertiary alicyclic amines) is 1. The second kappa shape index (κ2) is 12.2. The molecular formula is C27H36ClN3O2. The van der Waals surface area contributed by atoms with Gasteiger partial charge in [-0.05, 0) is 82.2 Å². The van der Waals surface area contributed by atoms with Crippen molar-refractivity contribution in [3.63, 3.8) is 0 Å². The lowest BCUT2D eigenvalue weighted by Crippen LogP contribution is -2.41. The Kier molecular flexibility index (Phi) is 9.36. The minimum atomic E-state index is 0.280. The third-order valence-corrected chi connectivity index (χ3v) is 6.64. The Labute approximate surface area is 203 Å². The van der Waals surface area contributed by atoms with Crippen molar-refractivity contribution in [2.45, 2.75) is 64.7 Å². The Morgan fingerprint density at radius 1 is 1.12 bits per heavy atom. The summed E-state index contributed by atoms with van der Waals surface area (Å²) in [5, 5.41) is 14.3. The van der Waals surface area contributed by atoms with E-state index in [9.17, 15) is 5.11 Å². The molecule has 1 fully saturated rings. The summed E-state index contributed by atoms with van der Waals surface area (Å²) in [5.41, 5.74) is 2.86. The average molecular weight is 470 g/mol. The number of halogens is 1. The van der Waals surface area contributed by atoms with Gasteiger partial charge in [0.05, 0.1) is 5.69 Å². The van der Waals surface area contributed by atoms with E-state index >= 15 is 0 Å². The van der Waals surface area contributed by atoms with Crippen LogP contribution in [0.3, 0.4) is 0 Å². The van der Waals surface area contributed by atoms with Gasteiger partial charge in [0.15, 0.2) is 5.76 Å². The summed E-state index contributed by atoms with van der Waals surface area (Å²) in [4.78, 5) is 4.64. The zero-order valence-corrected chi connectivity index (χ0v) is 20.9. The first-order valence-electron chi connectivity index (χ1n) is 11.8. The highest BCUT2D eigenvalue weighted by Gasteiger charge is 2.22. The zero-order chi connectivity index (χ0) is 23.8. The van der Waals surface area contributed by atoms with Gasteiger partial charge in [0.1, 0.15) is 5.75 Å². The smallest absolute Gasteiger partial charge is 0.167 e. The van der Waals surface area contributed by atoms with Crippen LogP contribution in [-0.2, 0) is 13.1 Å². The molecule has 1 saturated heterocycles. The predicted octanol–water partition coefficient (Wildman–Crippen LogP) is 6.60. The van der Waals surface area contributed by atoms with Crippen molar-refractivity contribution in [3.8, 4) is 17.1 Å². The molecule has 1 aromatic heterocycles. The maximum atomic E-state index is 9.51. The first-order valence-corrected chi connectivity index (χ1v) is 12.1. The SMILES string of the molecule is CCC1CCCC(C)N1C.CN(Cc1cccc(O)c1)Cc1cc(-c2ccc(Cl)cc2)on1. The van der Waals surface area contributed by atoms with Gasteiger partial charge in [-0.1, -0.05) is 42.2 Å². The first kappa shape index (κ1) is 25.3. The van der Waals surface area contributed by atoms with Crippen LogP contribution in [0.4, 0.5) is 0 Å². The van der Waals surface area contributed by atoms with Crippen molar-refractivity contribution < 1.29 is 9.63 Å². The number of nitrogens with zero attached hydrogens (tertiary/aromatic N) is 3. The third-order valence-electron chi connectivity index (χ3n) is 6.38. The highest BCUT2D eigenvalue weighted by Crippen LogP contribution is 2.24. The molecule has 0 bridgehead atoms. The molecule has 4 rings (SSSR count). The Morgan fingerprint density at radius 3 is 2.55 bits per heavy atom. The first-order chi connectivity index (χ1) is 15.9. The van der Waals surface area contributed by atoms with Gasteiger partial charge in [0, 0.05) is 41.8 Å². The van der Waals surface area contributed by atoms with E-state index in [0.717, 1.165) is 41.2 Å². The summed E-state index contributed by atoms with van der Waals surface area (Å²) in [6.45, 7) is 6.01. The fourth-order valence-electron chi connectivity index (χ4n) is 4.34. The summed E-state index contributed by atoms with van der Waals surface area (Å²) >= 11 is 5.89. The molecule has 1 aliphatic rings. The van der Waals surface area contributed by atoms with Crippen molar-refractivity contribution in [2.24, 2.45) is 0 Å². The molecule has 0 aliphatic carbocycles. The monoisotopic (exact) mass is 469 g/mol. The average Bonchev–Trinajstić information content (AvgIpc) is 3.25. The van der Waals surface area contributed by atoms with Crippen LogP contribution in [0.2, 0.25) is 5.02 Å². The van der Waals surface area contributed by atoms with Gasteiger partial charge < -0.3 is 14.5 Å². The summed E-state index contributed by atoms with van der Waals surface area (Å²) < 4.78 is 5.40. The third kappa shape index (κ3) is 7.60. The molecule has 6 heteroatoms. The van der Waals surface area contributed by atoms with Gasteiger partial charge in [0.2, 0.25) is 0 Å². The van der Waals surface area contributed by atoms with Gasteiger partial charge >= 0.3 is 0 Å². The Hall–Kier alpha value is -2.34. The van der Waals surface area contributed by atoms with E-state index < -0.39 is 0 Å². The van der Waals surface area contributed by atoms with Gasteiger partial charge in [0.25, 0.3) is 0 Å². The number of benzene rings is 2. The number of phenols is 1. The van der Waals surface area contributed by atoms with Gasteiger partial charge in [-0.25, -0.2) is 0 Å². The van der Waals surface area contributed by atoms with Crippen LogP contribution in [0.25, 0.3) is 11.3 Å². The number of piperidine rings is 1. The molecule has 33 heavy (non-hydrogen) atoms. The van der Waals surface area contributed by atoms with Crippen LogP contribution in [0.5, 0.6) is 5.75 Å². The molecule has 3 aromatic rings. The number of phenolic OH excluding ortho intramolecular Hbond substituents is 1. The number of rotatable bonds is 6. The molecule has 5 nitrogen and oxygen atoms in total. The maximum Gasteiger partial charge on any atom is 0.167 e. The minimum absolute atomic E-state index is 0.280. The Bertz CT molecular complexity index is 989. The molecule has 0 saturated carbocycles. The molecule has 1 aliphatic heterocycles. The second-order valence-electron chi connectivity index (χ2n) is 9.04. The van der Waals surface area contributed by atoms with Crippen LogP contribution < -0.4 is 0 Å². The van der Waals surface area contributed by atoms with E-state index in [0.29, 0.717) is 11.6 Å². The molecule has 0 radical (unpaired) electrons. The molecule has 0 spiro atoms. The summed E-state index contributed by atoms with van der Waals surface area (Å²) in [5.74, 6) is 1.00. The van der Waals surface area contributed by atoms with Crippen LogP contribution >= 0.6 is 11.6 Å². The molecule has 2 atom stereocenters. The number of hydrogen-bond donors (Lipinski definition) is 1. The molecule has 178 valence electrons. The van der Waals surface area contributed by atoms with Crippen molar-refractivity contribution in [3.05, 3.63) is 70.9 Å². The molecular weight excluding hydrogens is 434 g/mol. The summed E-state index contributed by atoms with van der Waals surface area (Å²) in [6.07, 6.45) is 5.56. The fourth-order valence-corrected chi connectivity index (χ4v) is 4.47. The molecule has 2 aromatic carbocycles. The lowest BCUT2D eigenvalue weighted by atomic mass is 9.96. The van der Waals surface area contributed by atoms with Crippen molar-refractivity contribution in [1.29, 1.82) is 0 Å². The van der Waals surface area contributed by atoms with E-state index in [4.69, 9.17) is 16.1 Å². The highest BCUT2D eigenvalue weighted by atomic mass is 35.5. The standard InChI is InChI=1S/C18H17ClN2O2.C9H19N/c1-21(11-13-3-2-4-17(22)9-13)12-16-10-18(23-20-16)14-5-7-15(19)8-6-14;1-4-9-7-5-6-8(2)10(9)3/h2-10,22H,11-12H2,1H3;8-9H,4-7H2,1-3H3. The molecule has 1 N–H and O–H groups in total. The van der Waals surface area contributed by atoms with E-state index in [1.165, 1.54) is 25.7 Å². The molecule has 2 heterocycles. The van der Waals surface area contributed by atoms with Crippen molar-refractivity contribution in [2.75, 3.05) is 14.1 Å². The molecule has 0 amide bonds. The van der Waals surface area contributed by atoms with Crippen LogP contribution in [-0.4, -0.2) is 46.2 Å². The lowest BCUT2D eigenvalue weighted by molar-refractivity contribution is 0.123. The Balaban J connectivity index is 0.000000257. The van der Waals surface area contributed by atoms with E-state index in [2.05, 4.69) is 35.9 Å².